The molecule has 0 atom stereocenters. The van der Waals surface area contributed by atoms with Crippen LogP contribution in [0, 0.1) is 6.92 Å². The Balaban J connectivity index is 1.53. The molecule has 0 unspecified atom stereocenters. The summed E-state index contributed by atoms with van der Waals surface area (Å²) in [6.45, 7) is 4.01. The number of nitrogens with zero attached hydrogens (tertiary/aromatic N) is 2. The van der Waals surface area contributed by atoms with Crippen molar-refractivity contribution in [2.24, 2.45) is 0 Å². The van der Waals surface area contributed by atoms with E-state index in [1.165, 1.54) is 6.26 Å². The Kier molecular flexibility index (Phi) is 4.32. The monoisotopic (exact) mass is 313 g/mol. The van der Waals surface area contributed by atoms with Gasteiger partial charge in [0.25, 0.3) is 5.91 Å². The van der Waals surface area contributed by atoms with Gasteiger partial charge in [0, 0.05) is 31.9 Å². The molecular formula is C17H19N3O3. The molecule has 0 radical (unpaired) electrons. The van der Waals surface area contributed by atoms with E-state index in [2.05, 4.69) is 5.32 Å². The van der Waals surface area contributed by atoms with Crippen LogP contribution in [0.15, 0.2) is 47.1 Å². The lowest BCUT2D eigenvalue weighted by molar-refractivity contribution is 0.0640. The number of nitrogens with one attached hydrogen (secondary N) is 1. The van der Waals surface area contributed by atoms with Crippen molar-refractivity contribution in [2.45, 2.75) is 6.92 Å². The summed E-state index contributed by atoms with van der Waals surface area (Å²) < 4.78 is 5.13. The second-order valence-corrected chi connectivity index (χ2v) is 5.55. The van der Waals surface area contributed by atoms with Gasteiger partial charge in [0.15, 0.2) is 5.76 Å². The maximum absolute atomic E-state index is 12.3. The third-order valence-electron chi connectivity index (χ3n) is 3.89. The topological polar surface area (TPSA) is 65.8 Å². The van der Waals surface area contributed by atoms with Gasteiger partial charge in [-0.15, -0.1) is 0 Å². The molecule has 1 N–H and O–H groups in total. The van der Waals surface area contributed by atoms with Gasteiger partial charge in [-0.2, -0.15) is 0 Å². The molecule has 6 nitrogen and oxygen atoms in total. The molecule has 2 heterocycles. The fourth-order valence-electron chi connectivity index (χ4n) is 2.51. The van der Waals surface area contributed by atoms with Gasteiger partial charge in [-0.3, -0.25) is 4.79 Å². The molecule has 120 valence electrons. The zero-order chi connectivity index (χ0) is 16.2. The van der Waals surface area contributed by atoms with E-state index in [-0.39, 0.29) is 11.9 Å². The van der Waals surface area contributed by atoms with Gasteiger partial charge in [-0.05, 0) is 31.2 Å². The number of aryl methyl sites for hydroxylation is 1. The van der Waals surface area contributed by atoms with E-state index in [9.17, 15) is 9.59 Å². The Hall–Kier alpha value is -2.76. The fourth-order valence-corrected chi connectivity index (χ4v) is 2.51. The molecule has 1 saturated heterocycles. The van der Waals surface area contributed by atoms with E-state index in [0.717, 1.165) is 11.3 Å². The summed E-state index contributed by atoms with van der Waals surface area (Å²) in [6, 6.07) is 10.9. The maximum Gasteiger partial charge on any atom is 0.321 e. The van der Waals surface area contributed by atoms with Crippen LogP contribution in [0.5, 0.6) is 0 Å². The zero-order valence-electron chi connectivity index (χ0n) is 13.0. The lowest BCUT2D eigenvalue weighted by Crippen LogP contribution is -2.51. The van der Waals surface area contributed by atoms with Gasteiger partial charge in [0.1, 0.15) is 0 Å². The number of amides is 3. The van der Waals surface area contributed by atoms with Gasteiger partial charge in [-0.25, -0.2) is 4.79 Å². The number of benzene rings is 1. The van der Waals surface area contributed by atoms with Crippen LogP contribution in [-0.2, 0) is 0 Å². The summed E-state index contributed by atoms with van der Waals surface area (Å²) in [7, 11) is 0. The summed E-state index contributed by atoms with van der Waals surface area (Å²) in [4.78, 5) is 27.8. The van der Waals surface area contributed by atoms with Crippen molar-refractivity contribution in [3.63, 3.8) is 0 Å². The van der Waals surface area contributed by atoms with Crippen LogP contribution in [0.3, 0.4) is 0 Å². The molecule has 23 heavy (non-hydrogen) atoms. The van der Waals surface area contributed by atoms with Gasteiger partial charge in [0.2, 0.25) is 0 Å². The van der Waals surface area contributed by atoms with Crippen LogP contribution in [0.25, 0.3) is 0 Å². The van der Waals surface area contributed by atoms with Gasteiger partial charge in [-0.1, -0.05) is 17.7 Å². The van der Waals surface area contributed by atoms with Crippen molar-refractivity contribution in [1.82, 2.24) is 9.80 Å². The number of rotatable bonds is 2. The number of carbonyl (C=O) groups is 2. The van der Waals surface area contributed by atoms with Gasteiger partial charge in [0.05, 0.1) is 6.26 Å². The van der Waals surface area contributed by atoms with Crippen molar-refractivity contribution >= 4 is 17.6 Å². The van der Waals surface area contributed by atoms with E-state index in [0.29, 0.717) is 31.9 Å². The van der Waals surface area contributed by atoms with E-state index < -0.39 is 0 Å². The lowest BCUT2D eigenvalue weighted by Gasteiger charge is -2.34. The normalized spacial score (nSPS) is 14.7. The second kappa shape index (κ2) is 6.56. The summed E-state index contributed by atoms with van der Waals surface area (Å²) in [5.41, 5.74) is 1.92. The summed E-state index contributed by atoms with van der Waals surface area (Å²) >= 11 is 0. The molecule has 0 bridgehead atoms. The minimum absolute atomic E-state index is 0.131. The molecule has 0 spiro atoms. The molecule has 1 aromatic carbocycles. The Labute approximate surface area is 134 Å². The highest BCUT2D eigenvalue weighted by Crippen LogP contribution is 2.12. The average molecular weight is 313 g/mol. The highest BCUT2D eigenvalue weighted by Gasteiger charge is 2.25. The first-order chi connectivity index (χ1) is 11.1. The molecule has 2 aromatic rings. The third-order valence-corrected chi connectivity index (χ3v) is 3.89. The quantitative estimate of drug-likeness (QED) is 0.926. The smallest absolute Gasteiger partial charge is 0.321 e. The molecule has 6 heteroatoms. The molecule has 0 aliphatic carbocycles. The first-order valence-corrected chi connectivity index (χ1v) is 7.59. The number of urea groups is 1. The fraction of sp³-hybridized carbons (Fsp3) is 0.294. The molecule has 0 saturated carbocycles. The molecule has 1 aliphatic rings. The van der Waals surface area contributed by atoms with Gasteiger partial charge >= 0.3 is 6.03 Å². The Morgan fingerprint density at radius 3 is 2.26 bits per heavy atom. The predicted octanol–water partition coefficient (Wildman–Crippen LogP) is 2.58. The minimum Gasteiger partial charge on any atom is -0.459 e. The highest BCUT2D eigenvalue weighted by atomic mass is 16.3. The Morgan fingerprint density at radius 1 is 1.00 bits per heavy atom. The summed E-state index contributed by atoms with van der Waals surface area (Å²) in [5.74, 6) is 0.205. The number of furan rings is 1. The van der Waals surface area contributed by atoms with Crippen LogP contribution >= 0.6 is 0 Å². The largest absolute Gasteiger partial charge is 0.459 e. The standard InChI is InChI=1S/C17H19N3O3/c1-13-4-6-14(7-5-13)18-17(22)20-10-8-19(9-11-20)16(21)15-3-2-12-23-15/h2-7,12H,8-11H2,1H3,(H,18,22). The average Bonchev–Trinajstić information content (AvgIpc) is 3.11. The molecule has 3 amide bonds. The number of anilines is 1. The highest BCUT2D eigenvalue weighted by molar-refractivity contribution is 5.92. The maximum atomic E-state index is 12.3. The van der Waals surface area contributed by atoms with Crippen molar-refractivity contribution < 1.29 is 14.0 Å². The number of hydrogen-bond donors (Lipinski definition) is 1. The summed E-state index contributed by atoms with van der Waals surface area (Å²) in [5, 5.41) is 2.88. The van der Waals surface area contributed by atoms with E-state index in [1.54, 1.807) is 21.9 Å². The van der Waals surface area contributed by atoms with Crippen molar-refractivity contribution in [2.75, 3.05) is 31.5 Å². The first kappa shape index (κ1) is 15.1. The zero-order valence-corrected chi connectivity index (χ0v) is 13.0. The third kappa shape index (κ3) is 3.53. The molecule has 1 fully saturated rings. The number of hydrogen-bond acceptors (Lipinski definition) is 3. The van der Waals surface area contributed by atoms with E-state index in [1.807, 2.05) is 31.2 Å². The van der Waals surface area contributed by atoms with Crippen LogP contribution < -0.4 is 5.32 Å². The molecule has 1 aromatic heterocycles. The van der Waals surface area contributed by atoms with Crippen molar-refractivity contribution in [3.05, 3.63) is 54.0 Å². The van der Waals surface area contributed by atoms with Crippen LogP contribution in [-0.4, -0.2) is 47.9 Å². The van der Waals surface area contributed by atoms with Crippen LogP contribution in [0.2, 0.25) is 0 Å². The van der Waals surface area contributed by atoms with Gasteiger partial charge < -0.3 is 19.5 Å². The van der Waals surface area contributed by atoms with E-state index in [4.69, 9.17) is 4.42 Å². The Morgan fingerprint density at radius 2 is 1.65 bits per heavy atom. The summed E-state index contributed by atoms with van der Waals surface area (Å²) in [6.07, 6.45) is 1.48. The lowest BCUT2D eigenvalue weighted by atomic mass is 10.2. The Bertz CT molecular complexity index is 672. The predicted molar refractivity (Wildman–Crippen MR) is 86.4 cm³/mol. The van der Waals surface area contributed by atoms with Crippen molar-refractivity contribution in [3.8, 4) is 0 Å². The molecule has 1 aliphatic heterocycles. The van der Waals surface area contributed by atoms with Crippen molar-refractivity contribution in [1.29, 1.82) is 0 Å². The minimum atomic E-state index is -0.140. The first-order valence-electron chi connectivity index (χ1n) is 7.59. The van der Waals surface area contributed by atoms with Crippen LogP contribution in [0.4, 0.5) is 10.5 Å². The molecule has 3 rings (SSSR count). The second-order valence-electron chi connectivity index (χ2n) is 5.55. The molecular weight excluding hydrogens is 294 g/mol. The SMILES string of the molecule is Cc1ccc(NC(=O)N2CCN(C(=O)c3ccco3)CC2)cc1. The number of carbonyl (C=O) groups excluding carboxylic acids is 2. The van der Waals surface area contributed by atoms with E-state index >= 15 is 0 Å². The number of piperazine rings is 1. The van der Waals surface area contributed by atoms with Crippen LogP contribution in [0.1, 0.15) is 16.1 Å².